The van der Waals surface area contributed by atoms with Crippen molar-refractivity contribution in [3.8, 4) is 5.75 Å². The van der Waals surface area contributed by atoms with E-state index < -0.39 is 6.10 Å². The van der Waals surface area contributed by atoms with Gasteiger partial charge in [-0.25, -0.2) is 5.43 Å². The predicted molar refractivity (Wildman–Crippen MR) is 98.8 cm³/mol. The number of ether oxygens (including phenoxy) is 1. The molecule has 0 unspecified atom stereocenters. The number of nitrogens with one attached hydrogen (secondary N) is 1. The van der Waals surface area contributed by atoms with E-state index in [1.165, 1.54) is 4.88 Å². The summed E-state index contributed by atoms with van der Waals surface area (Å²) >= 11 is 1.62. The van der Waals surface area contributed by atoms with E-state index in [0.717, 1.165) is 15.6 Å². The lowest BCUT2D eigenvalue weighted by Crippen LogP contribution is -2.33. The summed E-state index contributed by atoms with van der Waals surface area (Å²) in [5, 5.41) is 6.19. The van der Waals surface area contributed by atoms with E-state index in [9.17, 15) is 4.79 Å². The molecule has 0 spiro atoms. The summed E-state index contributed by atoms with van der Waals surface area (Å²) in [5.41, 5.74) is 2.51. The van der Waals surface area contributed by atoms with Crippen molar-refractivity contribution in [2.75, 3.05) is 0 Å². The molecule has 0 aliphatic rings. The van der Waals surface area contributed by atoms with Gasteiger partial charge in [0.05, 0.1) is 6.21 Å². The quantitative estimate of drug-likeness (QED) is 0.562. The number of hydrogen-bond acceptors (Lipinski definition) is 4. The molecule has 0 bridgehead atoms. The first-order chi connectivity index (χ1) is 11.6. The third kappa shape index (κ3) is 4.00. The van der Waals surface area contributed by atoms with Crippen LogP contribution in [-0.2, 0) is 4.79 Å². The fourth-order valence-electron chi connectivity index (χ4n) is 2.27. The summed E-state index contributed by atoms with van der Waals surface area (Å²) in [7, 11) is 0. The van der Waals surface area contributed by atoms with E-state index in [-0.39, 0.29) is 5.91 Å². The molecule has 0 saturated heterocycles. The second-order valence-corrected chi connectivity index (χ2v) is 6.77. The molecule has 3 rings (SSSR count). The van der Waals surface area contributed by atoms with Gasteiger partial charge in [0.2, 0.25) is 0 Å². The highest BCUT2D eigenvalue weighted by molar-refractivity contribution is 7.13. The molecule has 1 amide bonds. The molecule has 5 heteroatoms. The number of carbonyl (C=O) groups excluding carboxylic acids is 1. The number of amides is 1. The predicted octanol–water partition coefficient (Wildman–Crippen LogP) is 4.13. The normalized spacial score (nSPS) is 12.4. The van der Waals surface area contributed by atoms with Gasteiger partial charge in [0.15, 0.2) is 6.10 Å². The Bertz CT molecular complexity index is 886. The Balaban J connectivity index is 1.59. The van der Waals surface area contributed by atoms with Gasteiger partial charge in [0.1, 0.15) is 5.75 Å². The molecule has 0 radical (unpaired) electrons. The van der Waals surface area contributed by atoms with E-state index >= 15 is 0 Å². The minimum atomic E-state index is -0.631. The molecule has 0 saturated carbocycles. The standard InChI is InChI=1S/C19H18N2O2S/c1-13-7-10-18(24-13)12-20-21-19(22)14(2)23-17-9-8-15-5-3-4-6-16(15)11-17/h3-12,14H,1-2H3,(H,21,22)/b20-12-/t14-/m1/s1. The van der Waals surface area contributed by atoms with Crippen LogP contribution in [0.25, 0.3) is 10.8 Å². The summed E-state index contributed by atoms with van der Waals surface area (Å²) in [6.45, 7) is 3.73. The second kappa shape index (κ2) is 7.27. The lowest BCUT2D eigenvalue weighted by Gasteiger charge is -2.13. The van der Waals surface area contributed by atoms with Crippen molar-refractivity contribution in [2.45, 2.75) is 20.0 Å². The number of thiophene rings is 1. The smallest absolute Gasteiger partial charge is 0.280 e. The Morgan fingerprint density at radius 3 is 2.71 bits per heavy atom. The van der Waals surface area contributed by atoms with Crippen molar-refractivity contribution < 1.29 is 9.53 Å². The largest absolute Gasteiger partial charge is 0.481 e. The molecule has 2 aromatic carbocycles. The van der Waals surface area contributed by atoms with Crippen molar-refractivity contribution in [3.63, 3.8) is 0 Å². The number of aryl methyl sites for hydroxylation is 1. The van der Waals surface area contributed by atoms with Gasteiger partial charge < -0.3 is 4.74 Å². The lowest BCUT2D eigenvalue weighted by atomic mass is 10.1. The minimum Gasteiger partial charge on any atom is -0.481 e. The summed E-state index contributed by atoms with van der Waals surface area (Å²) in [5.74, 6) is 0.377. The van der Waals surface area contributed by atoms with Crippen molar-refractivity contribution in [1.29, 1.82) is 0 Å². The van der Waals surface area contributed by atoms with Gasteiger partial charge >= 0.3 is 0 Å². The second-order valence-electron chi connectivity index (χ2n) is 5.45. The first-order valence-electron chi connectivity index (χ1n) is 7.66. The molecular weight excluding hydrogens is 320 g/mol. The molecule has 4 nitrogen and oxygen atoms in total. The molecule has 122 valence electrons. The highest BCUT2D eigenvalue weighted by Gasteiger charge is 2.14. The third-order valence-corrected chi connectivity index (χ3v) is 4.47. The maximum Gasteiger partial charge on any atom is 0.280 e. The molecule has 1 atom stereocenters. The molecule has 24 heavy (non-hydrogen) atoms. The first-order valence-corrected chi connectivity index (χ1v) is 8.48. The van der Waals surface area contributed by atoms with Gasteiger partial charge in [-0.15, -0.1) is 11.3 Å². The zero-order valence-electron chi connectivity index (χ0n) is 13.5. The third-order valence-electron chi connectivity index (χ3n) is 3.53. The van der Waals surface area contributed by atoms with E-state index in [1.54, 1.807) is 24.5 Å². The van der Waals surface area contributed by atoms with Crippen LogP contribution in [0.2, 0.25) is 0 Å². The highest BCUT2D eigenvalue weighted by Crippen LogP contribution is 2.21. The van der Waals surface area contributed by atoms with Crippen LogP contribution in [0, 0.1) is 6.92 Å². The van der Waals surface area contributed by atoms with Crippen LogP contribution in [0.15, 0.2) is 59.7 Å². The monoisotopic (exact) mass is 338 g/mol. The number of carbonyl (C=O) groups is 1. The number of fused-ring (bicyclic) bond motifs is 1. The van der Waals surface area contributed by atoms with Gasteiger partial charge in [-0.2, -0.15) is 5.10 Å². The van der Waals surface area contributed by atoms with Gasteiger partial charge in [0, 0.05) is 9.75 Å². The van der Waals surface area contributed by atoms with E-state index in [1.807, 2.05) is 61.5 Å². The average Bonchev–Trinajstić information content (AvgIpc) is 3.00. The first kappa shape index (κ1) is 16.2. The molecule has 1 N–H and O–H groups in total. The van der Waals surface area contributed by atoms with Crippen LogP contribution in [0.1, 0.15) is 16.7 Å². The summed E-state index contributed by atoms with van der Waals surface area (Å²) in [6.07, 6.45) is 1.01. The molecular formula is C19H18N2O2S. The van der Waals surface area contributed by atoms with Gasteiger partial charge in [0.25, 0.3) is 5.91 Å². The summed E-state index contributed by atoms with van der Waals surface area (Å²) < 4.78 is 5.71. The lowest BCUT2D eigenvalue weighted by molar-refractivity contribution is -0.127. The summed E-state index contributed by atoms with van der Waals surface area (Å²) in [6, 6.07) is 17.8. The molecule has 0 fully saturated rings. The van der Waals surface area contributed by atoms with E-state index in [4.69, 9.17) is 4.74 Å². The van der Waals surface area contributed by atoms with Crippen LogP contribution in [0.4, 0.5) is 0 Å². The number of hydrazone groups is 1. The van der Waals surface area contributed by atoms with Crippen molar-refractivity contribution in [3.05, 3.63) is 64.4 Å². The molecule has 1 heterocycles. The Morgan fingerprint density at radius 1 is 1.17 bits per heavy atom. The molecule has 1 aromatic heterocycles. The topological polar surface area (TPSA) is 50.7 Å². The van der Waals surface area contributed by atoms with Crippen molar-refractivity contribution >= 4 is 34.2 Å². The maximum atomic E-state index is 12.1. The zero-order valence-corrected chi connectivity index (χ0v) is 14.3. The van der Waals surface area contributed by atoms with Gasteiger partial charge in [-0.05, 0) is 48.9 Å². The van der Waals surface area contributed by atoms with E-state index in [0.29, 0.717) is 5.75 Å². The Hall–Kier alpha value is -2.66. The van der Waals surface area contributed by atoms with Gasteiger partial charge in [-0.3, -0.25) is 4.79 Å². The molecule has 0 aliphatic heterocycles. The number of nitrogens with zero attached hydrogens (tertiary/aromatic N) is 1. The van der Waals surface area contributed by atoms with Crippen molar-refractivity contribution in [1.82, 2.24) is 5.43 Å². The maximum absolute atomic E-state index is 12.1. The van der Waals surface area contributed by atoms with Crippen LogP contribution < -0.4 is 10.2 Å². The van der Waals surface area contributed by atoms with Crippen LogP contribution in [-0.4, -0.2) is 18.2 Å². The minimum absolute atomic E-state index is 0.285. The summed E-state index contributed by atoms with van der Waals surface area (Å²) in [4.78, 5) is 14.3. The Kier molecular flexibility index (Phi) is 4.91. The Morgan fingerprint density at radius 2 is 1.96 bits per heavy atom. The average molecular weight is 338 g/mol. The van der Waals surface area contributed by atoms with Gasteiger partial charge in [-0.1, -0.05) is 30.3 Å². The highest BCUT2D eigenvalue weighted by atomic mass is 32.1. The molecule has 0 aliphatic carbocycles. The number of benzene rings is 2. The van der Waals surface area contributed by atoms with E-state index in [2.05, 4.69) is 10.5 Å². The number of hydrogen-bond donors (Lipinski definition) is 1. The van der Waals surface area contributed by atoms with Crippen LogP contribution in [0.3, 0.4) is 0 Å². The Labute approximate surface area is 144 Å². The SMILES string of the molecule is Cc1ccc(/C=N\NC(=O)[C@@H](C)Oc2ccc3ccccc3c2)s1. The number of rotatable bonds is 5. The molecule has 3 aromatic rings. The zero-order chi connectivity index (χ0) is 16.9. The van der Waals surface area contributed by atoms with Crippen LogP contribution in [0.5, 0.6) is 5.75 Å². The van der Waals surface area contributed by atoms with Crippen LogP contribution >= 0.6 is 11.3 Å². The van der Waals surface area contributed by atoms with Crippen molar-refractivity contribution in [2.24, 2.45) is 5.10 Å². The fourth-order valence-corrected chi connectivity index (χ4v) is 3.02. The fraction of sp³-hybridized carbons (Fsp3) is 0.158.